The predicted octanol–water partition coefficient (Wildman–Crippen LogP) is 2.27. The second-order valence-electron chi connectivity index (χ2n) is 5.50. The SMILES string of the molecule is COc1cc2c(cc1OC(C)C)N1C(Br)N=C(C(=O)O)C1CO2. The van der Waals surface area contributed by atoms with Gasteiger partial charge in [0.25, 0.3) is 0 Å². The lowest BCUT2D eigenvalue weighted by molar-refractivity contribution is -0.129. The summed E-state index contributed by atoms with van der Waals surface area (Å²) in [6.07, 6.45) is -0.0218. The van der Waals surface area contributed by atoms with Crippen LogP contribution in [0.3, 0.4) is 0 Å². The molecule has 1 N–H and O–H groups in total. The average Bonchev–Trinajstić information content (AvgIpc) is 2.83. The molecule has 23 heavy (non-hydrogen) atoms. The number of halogens is 1. The second-order valence-corrected chi connectivity index (χ2v) is 6.32. The van der Waals surface area contributed by atoms with E-state index in [4.69, 9.17) is 14.2 Å². The molecule has 0 amide bonds. The van der Waals surface area contributed by atoms with Crippen molar-refractivity contribution in [1.82, 2.24) is 0 Å². The molecule has 2 unspecified atom stereocenters. The Bertz CT molecular complexity index is 676. The molecule has 1 aromatic carbocycles. The third kappa shape index (κ3) is 2.71. The number of aliphatic carboxylic acids is 1. The van der Waals surface area contributed by atoms with Gasteiger partial charge in [-0.3, -0.25) is 0 Å². The van der Waals surface area contributed by atoms with E-state index >= 15 is 0 Å². The smallest absolute Gasteiger partial charge is 0.352 e. The maximum Gasteiger partial charge on any atom is 0.352 e. The summed E-state index contributed by atoms with van der Waals surface area (Å²) in [7, 11) is 1.56. The first-order chi connectivity index (χ1) is 10.9. The topological polar surface area (TPSA) is 80.6 Å². The first kappa shape index (κ1) is 15.9. The number of anilines is 1. The summed E-state index contributed by atoms with van der Waals surface area (Å²) in [5.41, 5.74) is 0.805. The number of ether oxygens (including phenoxy) is 3. The number of methoxy groups -OCH3 is 1. The highest BCUT2D eigenvalue weighted by atomic mass is 79.9. The largest absolute Gasteiger partial charge is 0.493 e. The van der Waals surface area contributed by atoms with Crippen LogP contribution in [0.1, 0.15) is 13.8 Å². The van der Waals surface area contributed by atoms with Gasteiger partial charge in [0.2, 0.25) is 0 Å². The van der Waals surface area contributed by atoms with E-state index in [1.54, 1.807) is 19.2 Å². The molecular weight excluding hydrogens is 368 g/mol. The number of carboxylic acids is 1. The predicted molar refractivity (Wildman–Crippen MR) is 88.3 cm³/mol. The van der Waals surface area contributed by atoms with Gasteiger partial charge in [-0.05, 0) is 29.8 Å². The molecule has 0 fully saturated rings. The quantitative estimate of drug-likeness (QED) is 0.633. The Labute approximate surface area is 142 Å². The highest BCUT2D eigenvalue weighted by Crippen LogP contribution is 2.46. The van der Waals surface area contributed by atoms with Gasteiger partial charge in [-0.15, -0.1) is 0 Å². The van der Waals surface area contributed by atoms with Crippen molar-refractivity contribution in [1.29, 1.82) is 0 Å². The zero-order valence-electron chi connectivity index (χ0n) is 12.9. The van der Waals surface area contributed by atoms with Crippen LogP contribution in [0, 0.1) is 0 Å². The van der Waals surface area contributed by atoms with E-state index in [2.05, 4.69) is 20.9 Å². The van der Waals surface area contributed by atoms with Crippen LogP contribution in [-0.2, 0) is 4.79 Å². The molecule has 0 bridgehead atoms. The summed E-state index contributed by atoms with van der Waals surface area (Å²) >= 11 is 3.42. The summed E-state index contributed by atoms with van der Waals surface area (Å²) in [5, 5.41) is 8.84. The minimum Gasteiger partial charge on any atom is -0.493 e. The number of aliphatic imine (C=N–C) groups is 1. The van der Waals surface area contributed by atoms with Crippen LogP contribution in [0.4, 0.5) is 5.69 Å². The summed E-state index contributed by atoms with van der Waals surface area (Å²) in [6, 6.07) is 3.11. The number of carboxylic acid groups (broad SMARTS) is 1. The Balaban J connectivity index is 2.04. The van der Waals surface area contributed by atoms with Crippen LogP contribution >= 0.6 is 15.9 Å². The molecular formula is C15H17BrN2O5. The molecule has 0 aliphatic carbocycles. The molecule has 2 atom stereocenters. The Morgan fingerprint density at radius 1 is 1.48 bits per heavy atom. The molecule has 0 saturated carbocycles. The fourth-order valence-electron chi connectivity index (χ4n) is 2.71. The molecule has 0 radical (unpaired) electrons. The summed E-state index contributed by atoms with van der Waals surface area (Å²) in [4.78, 5) is 17.4. The fourth-order valence-corrected chi connectivity index (χ4v) is 3.43. The first-order valence-electron chi connectivity index (χ1n) is 7.17. The van der Waals surface area contributed by atoms with Gasteiger partial charge in [0.1, 0.15) is 24.1 Å². The Morgan fingerprint density at radius 3 is 2.83 bits per heavy atom. The van der Waals surface area contributed by atoms with E-state index in [9.17, 15) is 9.90 Å². The van der Waals surface area contributed by atoms with E-state index in [-0.39, 0.29) is 18.4 Å². The molecule has 2 aliphatic heterocycles. The van der Waals surface area contributed by atoms with Gasteiger partial charge in [0.05, 0.1) is 18.9 Å². The summed E-state index contributed by atoms with van der Waals surface area (Å²) in [6.45, 7) is 4.06. The number of rotatable bonds is 4. The molecule has 0 saturated heterocycles. The normalized spacial score (nSPS) is 22.1. The minimum absolute atomic E-state index is 0.0218. The maximum atomic E-state index is 11.3. The van der Waals surface area contributed by atoms with Gasteiger partial charge in [-0.25, -0.2) is 9.79 Å². The van der Waals surface area contributed by atoms with E-state index in [0.29, 0.717) is 17.2 Å². The van der Waals surface area contributed by atoms with Gasteiger partial charge < -0.3 is 24.2 Å². The number of carbonyl (C=O) groups is 1. The average molecular weight is 385 g/mol. The zero-order chi connectivity index (χ0) is 16.7. The van der Waals surface area contributed by atoms with Gasteiger partial charge in [-0.2, -0.15) is 0 Å². The first-order valence-corrected chi connectivity index (χ1v) is 8.08. The van der Waals surface area contributed by atoms with Crippen LogP contribution in [0.5, 0.6) is 17.2 Å². The minimum atomic E-state index is -1.04. The molecule has 0 spiro atoms. The van der Waals surface area contributed by atoms with Gasteiger partial charge in [-0.1, -0.05) is 0 Å². The lowest BCUT2D eigenvalue weighted by Gasteiger charge is -2.35. The molecule has 2 aliphatic rings. The Hall–Kier alpha value is -1.96. The number of hydrogen-bond donors (Lipinski definition) is 1. The van der Waals surface area contributed by atoms with Crippen LogP contribution in [-0.4, -0.2) is 47.7 Å². The number of nitrogens with zero attached hydrogens (tertiary/aromatic N) is 2. The van der Waals surface area contributed by atoms with E-state index in [0.717, 1.165) is 5.69 Å². The van der Waals surface area contributed by atoms with Crippen molar-refractivity contribution in [3.8, 4) is 17.2 Å². The number of benzene rings is 1. The van der Waals surface area contributed by atoms with Crippen molar-refractivity contribution in [2.24, 2.45) is 4.99 Å². The van der Waals surface area contributed by atoms with Crippen molar-refractivity contribution < 1.29 is 24.1 Å². The summed E-state index contributed by atoms with van der Waals surface area (Å²) in [5.74, 6) is 0.719. The number of hydrogen-bond acceptors (Lipinski definition) is 6. The molecule has 124 valence electrons. The summed E-state index contributed by atoms with van der Waals surface area (Å²) < 4.78 is 16.9. The van der Waals surface area contributed by atoms with Gasteiger partial charge in [0.15, 0.2) is 16.6 Å². The van der Waals surface area contributed by atoms with Crippen molar-refractivity contribution in [3.05, 3.63) is 12.1 Å². The Kier molecular flexibility index (Phi) is 4.09. The van der Waals surface area contributed by atoms with Crippen LogP contribution < -0.4 is 19.1 Å². The third-order valence-electron chi connectivity index (χ3n) is 3.63. The van der Waals surface area contributed by atoms with Crippen molar-refractivity contribution in [2.45, 2.75) is 31.1 Å². The van der Waals surface area contributed by atoms with Crippen molar-refractivity contribution >= 4 is 33.3 Å². The zero-order valence-corrected chi connectivity index (χ0v) is 14.5. The molecule has 8 heteroatoms. The van der Waals surface area contributed by atoms with Crippen molar-refractivity contribution in [2.75, 3.05) is 18.6 Å². The van der Waals surface area contributed by atoms with E-state index in [1.807, 2.05) is 18.7 Å². The maximum absolute atomic E-state index is 11.3. The van der Waals surface area contributed by atoms with Gasteiger partial charge >= 0.3 is 5.97 Å². The highest BCUT2D eigenvalue weighted by molar-refractivity contribution is 9.09. The van der Waals surface area contributed by atoms with Crippen LogP contribution in [0.2, 0.25) is 0 Å². The van der Waals surface area contributed by atoms with E-state index in [1.165, 1.54) is 0 Å². The highest BCUT2D eigenvalue weighted by Gasteiger charge is 2.43. The standard InChI is InChI=1S/C15H17BrN2O5/c1-7(2)23-12-4-8-10(5-11(12)21-3)22-6-9-13(14(19)20)17-15(16)18(8)9/h4-5,7,9,15H,6H2,1-3H3,(H,19,20). The van der Waals surface area contributed by atoms with E-state index < -0.39 is 17.1 Å². The van der Waals surface area contributed by atoms with Crippen LogP contribution in [0.25, 0.3) is 0 Å². The number of fused-ring (bicyclic) bond motifs is 3. The fraction of sp³-hybridized carbons (Fsp3) is 0.467. The third-order valence-corrected chi connectivity index (χ3v) is 4.27. The van der Waals surface area contributed by atoms with Gasteiger partial charge in [0, 0.05) is 12.1 Å². The second kappa shape index (κ2) is 5.92. The lowest BCUT2D eigenvalue weighted by Crippen LogP contribution is -2.47. The monoisotopic (exact) mass is 384 g/mol. The molecule has 1 aromatic rings. The number of alkyl halides is 1. The lowest BCUT2D eigenvalue weighted by atomic mass is 10.1. The molecule has 7 nitrogen and oxygen atoms in total. The van der Waals surface area contributed by atoms with Crippen LogP contribution in [0.15, 0.2) is 17.1 Å². The molecule has 2 heterocycles. The molecule has 3 rings (SSSR count). The Morgan fingerprint density at radius 2 is 2.22 bits per heavy atom. The van der Waals surface area contributed by atoms with Crippen molar-refractivity contribution in [3.63, 3.8) is 0 Å². The molecule has 0 aromatic heterocycles.